The molecule has 1 heterocycles. The van der Waals surface area contributed by atoms with E-state index in [-0.39, 0.29) is 6.10 Å². The quantitative estimate of drug-likeness (QED) is 0.756. The van der Waals surface area contributed by atoms with Crippen LogP contribution < -0.4 is 0 Å². The fraction of sp³-hybridized carbons (Fsp3) is 1.00. The molecule has 1 aliphatic rings. The summed E-state index contributed by atoms with van der Waals surface area (Å²) in [5.74, 6) is 0. The van der Waals surface area contributed by atoms with E-state index in [4.69, 9.17) is 4.74 Å². The third-order valence-corrected chi connectivity index (χ3v) is 3.74. The van der Waals surface area contributed by atoms with Crippen LogP contribution in [0.15, 0.2) is 0 Å². The van der Waals surface area contributed by atoms with E-state index in [1.165, 1.54) is 0 Å². The van der Waals surface area contributed by atoms with Gasteiger partial charge in [0, 0.05) is 25.3 Å². The average molecular weight is 229 g/mol. The maximum atomic E-state index is 10.1. The maximum Gasteiger partial charge on any atom is 0.0695 e. The summed E-state index contributed by atoms with van der Waals surface area (Å²) >= 11 is 0. The predicted octanol–water partition coefficient (Wildman–Crippen LogP) is 2.04. The molecule has 0 aromatic carbocycles. The molecule has 2 unspecified atom stereocenters. The molecule has 2 atom stereocenters. The Balaban J connectivity index is 2.49. The zero-order valence-electron chi connectivity index (χ0n) is 11.0. The molecule has 0 aromatic rings. The molecule has 0 aromatic heterocycles. The second-order valence-electron chi connectivity index (χ2n) is 4.84. The van der Waals surface area contributed by atoms with Gasteiger partial charge in [0.2, 0.25) is 0 Å². The summed E-state index contributed by atoms with van der Waals surface area (Å²) in [5.41, 5.74) is 0. The second-order valence-corrected chi connectivity index (χ2v) is 4.84. The van der Waals surface area contributed by atoms with Crippen LogP contribution in [0.5, 0.6) is 0 Å². The van der Waals surface area contributed by atoms with E-state index in [1.807, 2.05) is 0 Å². The Morgan fingerprint density at radius 2 is 1.94 bits per heavy atom. The zero-order chi connectivity index (χ0) is 12.0. The minimum atomic E-state index is -0.178. The zero-order valence-corrected chi connectivity index (χ0v) is 11.0. The van der Waals surface area contributed by atoms with Gasteiger partial charge in [0.1, 0.15) is 0 Å². The number of ether oxygens (including phenoxy) is 1. The molecular formula is C13H27NO2. The van der Waals surface area contributed by atoms with E-state index in [0.29, 0.717) is 12.1 Å². The van der Waals surface area contributed by atoms with Gasteiger partial charge in [0.25, 0.3) is 0 Å². The molecule has 3 heteroatoms. The minimum absolute atomic E-state index is 0.178. The molecule has 96 valence electrons. The summed E-state index contributed by atoms with van der Waals surface area (Å²) in [4.78, 5) is 2.38. The lowest BCUT2D eigenvalue weighted by molar-refractivity contribution is -0.0105. The van der Waals surface area contributed by atoms with Gasteiger partial charge < -0.3 is 9.84 Å². The topological polar surface area (TPSA) is 32.7 Å². The maximum absolute atomic E-state index is 10.1. The molecule has 0 aliphatic carbocycles. The highest BCUT2D eigenvalue weighted by Gasteiger charge is 2.27. The van der Waals surface area contributed by atoms with Gasteiger partial charge in [-0.25, -0.2) is 0 Å². The summed E-state index contributed by atoms with van der Waals surface area (Å²) in [6, 6.07) is 0.897. The van der Waals surface area contributed by atoms with Crippen LogP contribution in [0.2, 0.25) is 0 Å². The van der Waals surface area contributed by atoms with Crippen LogP contribution in [0.3, 0.4) is 0 Å². The molecule has 0 bridgehead atoms. The van der Waals surface area contributed by atoms with Crippen molar-refractivity contribution in [3.8, 4) is 0 Å². The monoisotopic (exact) mass is 229 g/mol. The van der Waals surface area contributed by atoms with Crippen LogP contribution in [-0.2, 0) is 4.74 Å². The summed E-state index contributed by atoms with van der Waals surface area (Å²) in [7, 11) is 2.16. The fourth-order valence-electron chi connectivity index (χ4n) is 2.68. The highest BCUT2D eigenvalue weighted by molar-refractivity contribution is 4.82. The number of aliphatic hydroxyl groups excluding tert-OH is 1. The number of hydrogen-bond acceptors (Lipinski definition) is 3. The van der Waals surface area contributed by atoms with Crippen LogP contribution >= 0.6 is 0 Å². The molecule has 1 rings (SSSR count). The van der Waals surface area contributed by atoms with Crippen molar-refractivity contribution >= 4 is 0 Å². The van der Waals surface area contributed by atoms with Crippen LogP contribution in [0.1, 0.15) is 46.0 Å². The van der Waals surface area contributed by atoms with E-state index in [0.717, 1.165) is 45.3 Å². The number of hydrogen-bond donors (Lipinski definition) is 1. The third-order valence-electron chi connectivity index (χ3n) is 3.74. The van der Waals surface area contributed by atoms with Gasteiger partial charge in [-0.3, -0.25) is 4.90 Å². The van der Waals surface area contributed by atoms with Crippen LogP contribution in [0, 0.1) is 0 Å². The highest BCUT2D eigenvalue weighted by atomic mass is 16.5. The molecule has 16 heavy (non-hydrogen) atoms. The molecule has 0 radical (unpaired) electrons. The van der Waals surface area contributed by atoms with E-state index in [9.17, 15) is 5.11 Å². The largest absolute Gasteiger partial charge is 0.391 e. The lowest BCUT2D eigenvalue weighted by Crippen LogP contribution is -2.48. The lowest BCUT2D eigenvalue weighted by atomic mass is 9.98. The van der Waals surface area contributed by atoms with Crippen LogP contribution in [-0.4, -0.2) is 48.5 Å². The first-order valence-corrected chi connectivity index (χ1v) is 6.68. The Hall–Kier alpha value is -0.120. The number of rotatable bonds is 6. The number of aliphatic hydroxyl groups is 1. The van der Waals surface area contributed by atoms with Gasteiger partial charge in [0.15, 0.2) is 0 Å². The van der Waals surface area contributed by atoms with Crippen molar-refractivity contribution in [2.24, 2.45) is 0 Å². The molecule has 1 saturated heterocycles. The second kappa shape index (κ2) is 7.25. The molecule has 3 nitrogen and oxygen atoms in total. The summed E-state index contributed by atoms with van der Waals surface area (Å²) in [6.07, 6.45) is 5.01. The smallest absolute Gasteiger partial charge is 0.0695 e. The standard InChI is InChI=1S/C13H27NO2/c1-4-6-13(15)12(5-2)14(3)11-7-9-16-10-8-11/h11-13,15H,4-10H2,1-3H3. The van der Waals surface area contributed by atoms with Crippen molar-refractivity contribution in [2.75, 3.05) is 20.3 Å². The Bertz CT molecular complexity index is 181. The van der Waals surface area contributed by atoms with E-state index >= 15 is 0 Å². The van der Waals surface area contributed by atoms with Crippen molar-refractivity contribution in [1.29, 1.82) is 0 Å². The molecular weight excluding hydrogens is 202 g/mol. The molecule has 1 fully saturated rings. The first kappa shape index (κ1) is 13.9. The molecule has 0 saturated carbocycles. The normalized spacial score (nSPS) is 22.3. The Morgan fingerprint density at radius 3 is 2.44 bits per heavy atom. The third kappa shape index (κ3) is 3.72. The lowest BCUT2D eigenvalue weighted by Gasteiger charge is -2.39. The van der Waals surface area contributed by atoms with Gasteiger partial charge in [-0.2, -0.15) is 0 Å². The van der Waals surface area contributed by atoms with Gasteiger partial charge in [-0.05, 0) is 32.7 Å². The summed E-state index contributed by atoms with van der Waals surface area (Å²) in [5, 5.41) is 10.1. The van der Waals surface area contributed by atoms with E-state index < -0.39 is 0 Å². The van der Waals surface area contributed by atoms with Crippen molar-refractivity contribution in [1.82, 2.24) is 4.90 Å². The Labute approximate surface area is 99.8 Å². The van der Waals surface area contributed by atoms with Gasteiger partial charge in [-0.15, -0.1) is 0 Å². The SMILES string of the molecule is CCCC(O)C(CC)N(C)C1CCOCC1. The molecule has 0 spiro atoms. The number of likely N-dealkylation sites (N-methyl/N-ethyl adjacent to an activating group) is 1. The van der Waals surface area contributed by atoms with E-state index in [2.05, 4.69) is 25.8 Å². The molecule has 0 amide bonds. The number of nitrogens with zero attached hydrogens (tertiary/aromatic N) is 1. The van der Waals surface area contributed by atoms with Crippen molar-refractivity contribution < 1.29 is 9.84 Å². The Kier molecular flexibility index (Phi) is 6.32. The van der Waals surface area contributed by atoms with E-state index in [1.54, 1.807) is 0 Å². The molecule has 1 aliphatic heterocycles. The van der Waals surface area contributed by atoms with Crippen LogP contribution in [0.4, 0.5) is 0 Å². The van der Waals surface area contributed by atoms with Crippen molar-refractivity contribution in [3.05, 3.63) is 0 Å². The highest BCUT2D eigenvalue weighted by Crippen LogP contribution is 2.20. The van der Waals surface area contributed by atoms with Crippen LogP contribution in [0.25, 0.3) is 0 Å². The van der Waals surface area contributed by atoms with Gasteiger partial charge in [-0.1, -0.05) is 20.3 Å². The van der Waals surface area contributed by atoms with Crippen molar-refractivity contribution in [3.63, 3.8) is 0 Å². The average Bonchev–Trinajstić information content (AvgIpc) is 2.31. The summed E-state index contributed by atoms with van der Waals surface area (Å²) < 4.78 is 5.38. The minimum Gasteiger partial charge on any atom is -0.391 e. The fourth-order valence-corrected chi connectivity index (χ4v) is 2.68. The van der Waals surface area contributed by atoms with Gasteiger partial charge in [0.05, 0.1) is 6.10 Å². The predicted molar refractivity (Wildman–Crippen MR) is 66.6 cm³/mol. The first-order valence-electron chi connectivity index (χ1n) is 6.68. The van der Waals surface area contributed by atoms with Gasteiger partial charge >= 0.3 is 0 Å². The Morgan fingerprint density at radius 1 is 1.31 bits per heavy atom. The molecule has 1 N–H and O–H groups in total. The first-order chi connectivity index (χ1) is 7.70. The summed E-state index contributed by atoms with van der Waals surface area (Å²) in [6.45, 7) is 6.04. The van der Waals surface area contributed by atoms with Crippen molar-refractivity contribution in [2.45, 2.75) is 64.1 Å².